The van der Waals surface area contributed by atoms with Gasteiger partial charge in [-0.15, -0.1) is 0 Å². The maximum absolute atomic E-state index is 3.64. The first kappa shape index (κ1) is 10.5. The molecule has 0 aromatic carbocycles. The lowest BCUT2D eigenvalue weighted by atomic mass is 9.85. The SMILES string of the molecule is CCC(Br)CCNCC1CCC1. The van der Waals surface area contributed by atoms with Crippen molar-refractivity contribution in [3.05, 3.63) is 0 Å². The van der Waals surface area contributed by atoms with E-state index in [0.717, 1.165) is 5.92 Å². The molecule has 0 saturated heterocycles. The van der Waals surface area contributed by atoms with Gasteiger partial charge < -0.3 is 5.32 Å². The maximum atomic E-state index is 3.64. The van der Waals surface area contributed by atoms with Gasteiger partial charge in [0.25, 0.3) is 0 Å². The fraction of sp³-hybridized carbons (Fsp3) is 1.00. The van der Waals surface area contributed by atoms with Gasteiger partial charge in [-0.1, -0.05) is 29.3 Å². The van der Waals surface area contributed by atoms with Gasteiger partial charge in [-0.2, -0.15) is 0 Å². The van der Waals surface area contributed by atoms with Gasteiger partial charge >= 0.3 is 0 Å². The van der Waals surface area contributed by atoms with Crippen LogP contribution >= 0.6 is 15.9 Å². The standard InChI is InChI=1S/C10H20BrN/c1-2-10(11)6-7-12-8-9-4-3-5-9/h9-10,12H,2-8H2,1H3. The molecule has 72 valence electrons. The van der Waals surface area contributed by atoms with E-state index in [1.165, 1.54) is 45.2 Å². The van der Waals surface area contributed by atoms with Crippen LogP contribution in [-0.2, 0) is 0 Å². The predicted molar refractivity (Wildman–Crippen MR) is 57.8 cm³/mol. The van der Waals surface area contributed by atoms with Gasteiger partial charge in [0, 0.05) is 4.83 Å². The van der Waals surface area contributed by atoms with Gasteiger partial charge in [0.2, 0.25) is 0 Å². The number of hydrogen-bond acceptors (Lipinski definition) is 1. The number of halogens is 1. The largest absolute Gasteiger partial charge is 0.316 e. The number of hydrogen-bond donors (Lipinski definition) is 1. The molecule has 0 aliphatic heterocycles. The van der Waals surface area contributed by atoms with Crippen molar-refractivity contribution in [1.82, 2.24) is 5.32 Å². The van der Waals surface area contributed by atoms with Crippen LogP contribution in [-0.4, -0.2) is 17.9 Å². The van der Waals surface area contributed by atoms with Gasteiger partial charge in [-0.25, -0.2) is 0 Å². The van der Waals surface area contributed by atoms with Crippen molar-refractivity contribution in [1.29, 1.82) is 0 Å². The average molecular weight is 234 g/mol. The van der Waals surface area contributed by atoms with Crippen LogP contribution in [0.1, 0.15) is 39.0 Å². The Morgan fingerprint density at radius 2 is 2.25 bits per heavy atom. The quantitative estimate of drug-likeness (QED) is 0.550. The Labute approximate surface area is 84.4 Å². The van der Waals surface area contributed by atoms with Crippen LogP contribution < -0.4 is 5.32 Å². The minimum absolute atomic E-state index is 0.714. The molecule has 0 radical (unpaired) electrons. The molecule has 0 aromatic rings. The topological polar surface area (TPSA) is 12.0 Å². The Kier molecular flexibility index (Phi) is 5.24. The van der Waals surface area contributed by atoms with E-state index in [1.54, 1.807) is 0 Å². The summed E-state index contributed by atoms with van der Waals surface area (Å²) in [6, 6.07) is 0. The Morgan fingerprint density at radius 3 is 2.75 bits per heavy atom. The molecule has 0 amide bonds. The fourth-order valence-corrected chi connectivity index (χ4v) is 1.69. The van der Waals surface area contributed by atoms with Gasteiger partial charge in [0.15, 0.2) is 0 Å². The second-order valence-corrected chi connectivity index (χ2v) is 5.09. The van der Waals surface area contributed by atoms with Crippen LogP contribution in [0.2, 0.25) is 0 Å². The summed E-state index contributed by atoms with van der Waals surface area (Å²) in [6.07, 6.45) is 6.88. The van der Waals surface area contributed by atoms with Crippen LogP contribution in [0.3, 0.4) is 0 Å². The zero-order valence-electron chi connectivity index (χ0n) is 7.98. The maximum Gasteiger partial charge on any atom is 0.0155 e. The van der Waals surface area contributed by atoms with Crippen LogP contribution in [0.15, 0.2) is 0 Å². The first-order valence-electron chi connectivity index (χ1n) is 5.17. The smallest absolute Gasteiger partial charge is 0.0155 e. The molecule has 1 rings (SSSR count). The van der Waals surface area contributed by atoms with Gasteiger partial charge in [0.1, 0.15) is 0 Å². The molecule has 2 heteroatoms. The van der Waals surface area contributed by atoms with E-state index in [9.17, 15) is 0 Å². The second-order valence-electron chi connectivity index (χ2n) is 3.80. The molecule has 1 aliphatic rings. The second kappa shape index (κ2) is 5.98. The molecule has 1 atom stereocenters. The van der Waals surface area contributed by atoms with E-state index in [2.05, 4.69) is 28.2 Å². The van der Waals surface area contributed by atoms with E-state index >= 15 is 0 Å². The van der Waals surface area contributed by atoms with Crippen molar-refractivity contribution in [3.8, 4) is 0 Å². The summed E-state index contributed by atoms with van der Waals surface area (Å²) in [7, 11) is 0. The van der Waals surface area contributed by atoms with E-state index < -0.39 is 0 Å². The first-order chi connectivity index (χ1) is 5.83. The van der Waals surface area contributed by atoms with E-state index in [0.29, 0.717) is 4.83 Å². The third kappa shape index (κ3) is 3.90. The van der Waals surface area contributed by atoms with Crippen molar-refractivity contribution < 1.29 is 0 Å². The van der Waals surface area contributed by atoms with E-state index in [-0.39, 0.29) is 0 Å². The highest BCUT2D eigenvalue weighted by atomic mass is 79.9. The summed E-state index contributed by atoms with van der Waals surface area (Å²) in [5.74, 6) is 1.00. The van der Waals surface area contributed by atoms with Gasteiger partial charge in [-0.05, 0) is 44.7 Å². The molecule has 1 saturated carbocycles. The molecule has 0 spiro atoms. The molecule has 0 heterocycles. The molecular formula is C10H20BrN. The molecule has 12 heavy (non-hydrogen) atoms. The lowest BCUT2D eigenvalue weighted by Crippen LogP contribution is -2.28. The zero-order valence-corrected chi connectivity index (χ0v) is 9.57. The Morgan fingerprint density at radius 1 is 1.50 bits per heavy atom. The lowest BCUT2D eigenvalue weighted by molar-refractivity contribution is 0.301. The summed E-state index contributed by atoms with van der Waals surface area (Å²) in [5, 5.41) is 3.52. The summed E-state index contributed by atoms with van der Waals surface area (Å²) in [5.41, 5.74) is 0. The molecule has 1 N–H and O–H groups in total. The van der Waals surface area contributed by atoms with Crippen molar-refractivity contribution in [3.63, 3.8) is 0 Å². The average Bonchev–Trinajstić information content (AvgIpc) is 2.00. The van der Waals surface area contributed by atoms with Crippen LogP contribution in [0.25, 0.3) is 0 Å². The molecule has 1 aliphatic carbocycles. The fourth-order valence-electron chi connectivity index (χ4n) is 1.47. The summed E-state index contributed by atoms with van der Waals surface area (Å²) < 4.78 is 0. The summed E-state index contributed by atoms with van der Waals surface area (Å²) in [6.45, 7) is 4.66. The number of nitrogens with one attached hydrogen (secondary N) is 1. The third-order valence-electron chi connectivity index (χ3n) is 2.74. The van der Waals surface area contributed by atoms with Crippen LogP contribution in [0.5, 0.6) is 0 Å². The molecular weight excluding hydrogens is 214 g/mol. The van der Waals surface area contributed by atoms with Crippen molar-refractivity contribution in [2.24, 2.45) is 5.92 Å². The Bertz CT molecular complexity index is 106. The first-order valence-corrected chi connectivity index (χ1v) is 6.09. The molecule has 1 fully saturated rings. The molecule has 1 nitrogen and oxygen atoms in total. The predicted octanol–water partition coefficient (Wildman–Crippen LogP) is 2.94. The van der Waals surface area contributed by atoms with Gasteiger partial charge in [-0.3, -0.25) is 0 Å². The number of alkyl halides is 1. The van der Waals surface area contributed by atoms with Crippen molar-refractivity contribution >= 4 is 15.9 Å². The lowest BCUT2D eigenvalue weighted by Gasteiger charge is -2.25. The normalized spacial score (nSPS) is 20.5. The van der Waals surface area contributed by atoms with Crippen molar-refractivity contribution in [2.45, 2.75) is 43.9 Å². The highest BCUT2D eigenvalue weighted by Gasteiger charge is 2.16. The van der Waals surface area contributed by atoms with Crippen LogP contribution in [0.4, 0.5) is 0 Å². The highest BCUT2D eigenvalue weighted by molar-refractivity contribution is 9.09. The van der Waals surface area contributed by atoms with E-state index in [4.69, 9.17) is 0 Å². The minimum atomic E-state index is 0.714. The van der Waals surface area contributed by atoms with Gasteiger partial charge in [0.05, 0.1) is 0 Å². The summed E-state index contributed by atoms with van der Waals surface area (Å²) in [4.78, 5) is 0.714. The third-order valence-corrected chi connectivity index (χ3v) is 3.84. The van der Waals surface area contributed by atoms with E-state index in [1.807, 2.05) is 0 Å². The molecule has 0 aromatic heterocycles. The zero-order chi connectivity index (χ0) is 8.81. The van der Waals surface area contributed by atoms with Crippen molar-refractivity contribution in [2.75, 3.05) is 13.1 Å². The Hall–Kier alpha value is 0.440. The molecule has 1 unspecified atom stereocenters. The van der Waals surface area contributed by atoms with Crippen LogP contribution in [0, 0.1) is 5.92 Å². The summed E-state index contributed by atoms with van der Waals surface area (Å²) >= 11 is 3.64. The number of rotatable bonds is 6. The Balaban J connectivity index is 1.82. The minimum Gasteiger partial charge on any atom is -0.316 e. The molecule has 0 bridgehead atoms. The highest BCUT2D eigenvalue weighted by Crippen LogP contribution is 2.25. The monoisotopic (exact) mass is 233 g/mol.